The molecule has 0 spiro atoms. The van der Waals surface area contributed by atoms with Crippen LogP contribution in [0.1, 0.15) is 28.3 Å². The van der Waals surface area contributed by atoms with E-state index in [1.165, 1.54) is 23.1 Å². The summed E-state index contributed by atoms with van der Waals surface area (Å²) in [5, 5.41) is 22.4. The van der Waals surface area contributed by atoms with E-state index < -0.39 is 22.7 Å². The summed E-state index contributed by atoms with van der Waals surface area (Å²) in [4.78, 5) is 38.3. The Morgan fingerprint density at radius 3 is 2.36 bits per heavy atom. The molecule has 1 fully saturated rings. The van der Waals surface area contributed by atoms with Gasteiger partial charge < -0.3 is 10.0 Å². The molecule has 1 N–H and O–H groups in total. The van der Waals surface area contributed by atoms with E-state index in [2.05, 4.69) is 0 Å². The lowest BCUT2D eigenvalue weighted by Crippen LogP contribution is -2.31. The van der Waals surface area contributed by atoms with Gasteiger partial charge in [-0.05, 0) is 24.5 Å². The van der Waals surface area contributed by atoms with Crippen LogP contribution in [0.15, 0.2) is 84.4 Å². The van der Waals surface area contributed by atoms with Crippen LogP contribution in [0.25, 0.3) is 5.76 Å². The Morgan fingerprint density at radius 1 is 1.00 bits per heavy atom. The summed E-state index contributed by atoms with van der Waals surface area (Å²) in [7, 11) is 0. The Balaban J connectivity index is 1.82. The van der Waals surface area contributed by atoms with Crippen molar-refractivity contribution in [1.82, 2.24) is 4.90 Å². The van der Waals surface area contributed by atoms with Gasteiger partial charge in [-0.1, -0.05) is 72.3 Å². The molecule has 0 saturated carbocycles. The zero-order valence-electron chi connectivity index (χ0n) is 18.0. The summed E-state index contributed by atoms with van der Waals surface area (Å²) in [6.45, 7) is 2.11. The molecule has 33 heavy (non-hydrogen) atoms. The first-order valence-corrected chi connectivity index (χ1v) is 10.5. The van der Waals surface area contributed by atoms with Crippen LogP contribution in [0.5, 0.6) is 0 Å². The first kappa shape index (κ1) is 22.0. The molecule has 0 bridgehead atoms. The average molecular weight is 442 g/mol. The molecular weight excluding hydrogens is 420 g/mol. The zero-order chi connectivity index (χ0) is 23.5. The van der Waals surface area contributed by atoms with E-state index in [9.17, 15) is 24.8 Å². The molecule has 0 unspecified atom stereocenters. The number of carbonyl (C=O) groups excluding carboxylic acids is 2. The summed E-state index contributed by atoms with van der Waals surface area (Å²) in [5.41, 5.74) is 2.52. The molecule has 4 rings (SSSR count). The summed E-state index contributed by atoms with van der Waals surface area (Å²) < 4.78 is 0. The number of aliphatic hydroxyl groups excluding tert-OH is 1. The minimum atomic E-state index is -0.935. The number of Topliss-reactive ketones (excluding diaryl/α,β-unsaturated/α-hetero) is 1. The maximum atomic E-state index is 13.1. The van der Waals surface area contributed by atoms with Crippen LogP contribution >= 0.6 is 0 Å². The molecule has 7 heteroatoms. The number of amides is 1. The fourth-order valence-electron chi connectivity index (χ4n) is 4.03. The molecule has 1 aliphatic heterocycles. The van der Waals surface area contributed by atoms with Gasteiger partial charge in [-0.25, -0.2) is 0 Å². The lowest BCUT2D eigenvalue weighted by molar-refractivity contribution is -0.384. The summed E-state index contributed by atoms with van der Waals surface area (Å²) >= 11 is 0. The predicted octanol–water partition coefficient (Wildman–Crippen LogP) is 4.57. The Morgan fingerprint density at radius 2 is 1.70 bits per heavy atom. The zero-order valence-corrected chi connectivity index (χ0v) is 18.0. The highest BCUT2D eigenvalue weighted by Gasteiger charge is 2.46. The monoisotopic (exact) mass is 442 g/mol. The van der Waals surface area contributed by atoms with Crippen molar-refractivity contribution in [3.63, 3.8) is 0 Å². The van der Waals surface area contributed by atoms with Crippen molar-refractivity contribution in [2.45, 2.75) is 19.4 Å². The molecule has 0 aromatic heterocycles. The SMILES string of the molecule is Cc1ccc(C(O)=C2C(=O)C(=O)N(CCc3ccccc3)[C@@H]2c2cccc([N+](=O)[O-])c2)cc1. The maximum absolute atomic E-state index is 13.1. The number of nitrogens with zero attached hydrogens (tertiary/aromatic N) is 2. The Labute approximate surface area is 190 Å². The second-order valence-electron chi connectivity index (χ2n) is 7.95. The van der Waals surface area contributed by atoms with E-state index >= 15 is 0 Å². The quantitative estimate of drug-likeness (QED) is 0.198. The number of hydrogen-bond donors (Lipinski definition) is 1. The third-order valence-corrected chi connectivity index (χ3v) is 5.75. The molecule has 166 valence electrons. The summed E-state index contributed by atoms with van der Waals surface area (Å²) in [6.07, 6.45) is 0.490. The standard InChI is InChI=1S/C26H22N2O5/c1-17-10-12-19(13-11-17)24(29)22-23(20-8-5-9-21(16-20)28(32)33)27(26(31)25(22)30)15-14-18-6-3-2-4-7-18/h2-13,16,23,29H,14-15H2,1H3/t23-/m1/s1. The number of ketones is 1. The maximum Gasteiger partial charge on any atom is 0.295 e. The van der Waals surface area contributed by atoms with Gasteiger partial charge in [0.1, 0.15) is 5.76 Å². The van der Waals surface area contributed by atoms with Crippen LogP contribution in [0, 0.1) is 17.0 Å². The molecule has 1 heterocycles. The van der Waals surface area contributed by atoms with Crippen LogP contribution < -0.4 is 0 Å². The van der Waals surface area contributed by atoms with Crippen LogP contribution in [0.2, 0.25) is 0 Å². The van der Waals surface area contributed by atoms with Gasteiger partial charge in [0.2, 0.25) is 0 Å². The van der Waals surface area contributed by atoms with Crippen molar-refractivity contribution in [3.8, 4) is 0 Å². The van der Waals surface area contributed by atoms with E-state index in [-0.39, 0.29) is 23.6 Å². The Hall–Kier alpha value is -4.26. The van der Waals surface area contributed by atoms with Crippen molar-refractivity contribution < 1.29 is 19.6 Å². The smallest absolute Gasteiger partial charge is 0.295 e. The van der Waals surface area contributed by atoms with Crippen LogP contribution in [0.3, 0.4) is 0 Å². The van der Waals surface area contributed by atoms with E-state index in [0.29, 0.717) is 17.5 Å². The number of likely N-dealkylation sites (tertiary alicyclic amines) is 1. The highest BCUT2D eigenvalue weighted by Crippen LogP contribution is 2.40. The minimum absolute atomic E-state index is 0.0718. The van der Waals surface area contributed by atoms with Gasteiger partial charge in [0.25, 0.3) is 17.4 Å². The number of non-ortho nitro benzene ring substituents is 1. The second kappa shape index (κ2) is 9.08. The summed E-state index contributed by atoms with van der Waals surface area (Å²) in [6, 6.07) is 21.3. The van der Waals surface area contributed by atoms with Crippen molar-refractivity contribution in [2.24, 2.45) is 0 Å². The topological polar surface area (TPSA) is 101 Å². The lowest BCUT2D eigenvalue weighted by Gasteiger charge is -2.25. The Kier molecular flexibility index (Phi) is 6.04. The number of carbonyl (C=O) groups is 2. The fraction of sp³-hybridized carbons (Fsp3) is 0.154. The third kappa shape index (κ3) is 4.39. The van der Waals surface area contributed by atoms with Crippen molar-refractivity contribution in [1.29, 1.82) is 0 Å². The van der Waals surface area contributed by atoms with Crippen molar-refractivity contribution >= 4 is 23.1 Å². The lowest BCUT2D eigenvalue weighted by atomic mass is 9.94. The highest BCUT2D eigenvalue weighted by molar-refractivity contribution is 6.46. The molecule has 0 radical (unpaired) electrons. The number of hydrogen-bond acceptors (Lipinski definition) is 5. The first-order valence-electron chi connectivity index (χ1n) is 10.5. The van der Waals surface area contributed by atoms with Crippen molar-refractivity contribution in [3.05, 3.63) is 117 Å². The van der Waals surface area contributed by atoms with Gasteiger partial charge in [-0.2, -0.15) is 0 Å². The number of rotatable bonds is 6. The van der Waals surface area contributed by atoms with Gasteiger partial charge in [-0.15, -0.1) is 0 Å². The van der Waals surface area contributed by atoms with E-state index in [4.69, 9.17) is 0 Å². The number of aliphatic hydroxyl groups is 1. The molecule has 3 aromatic carbocycles. The van der Waals surface area contributed by atoms with Crippen LogP contribution in [-0.4, -0.2) is 33.2 Å². The first-order chi connectivity index (χ1) is 15.9. The second-order valence-corrected chi connectivity index (χ2v) is 7.95. The van der Waals surface area contributed by atoms with E-state index in [0.717, 1.165) is 11.1 Å². The predicted molar refractivity (Wildman–Crippen MR) is 123 cm³/mol. The average Bonchev–Trinajstić information content (AvgIpc) is 3.08. The highest BCUT2D eigenvalue weighted by atomic mass is 16.6. The van der Waals surface area contributed by atoms with Gasteiger partial charge in [0.05, 0.1) is 16.5 Å². The number of nitro groups is 1. The fourth-order valence-corrected chi connectivity index (χ4v) is 4.03. The number of benzene rings is 3. The molecule has 1 saturated heterocycles. The number of nitro benzene ring substituents is 1. The van der Waals surface area contributed by atoms with Gasteiger partial charge in [0, 0.05) is 24.2 Å². The molecule has 7 nitrogen and oxygen atoms in total. The minimum Gasteiger partial charge on any atom is -0.507 e. The third-order valence-electron chi connectivity index (χ3n) is 5.75. The Bertz CT molecular complexity index is 1250. The van der Waals surface area contributed by atoms with Crippen LogP contribution in [0.4, 0.5) is 5.69 Å². The number of aryl methyl sites for hydroxylation is 1. The molecule has 1 aliphatic rings. The normalized spacial score (nSPS) is 17.4. The van der Waals surface area contributed by atoms with E-state index in [1.807, 2.05) is 37.3 Å². The molecule has 3 aromatic rings. The van der Waals surface area contributed by atoms with Gasteiger partial charge in [0.15, 0.2) is 0 Å². The van der Waals surface area contributed by atoms with Crippen LogP contribution in [-0.2, 0) is 16.0 Å². The van der Waals surface area contributed by atoms with Gasteiger partial charge >= 0.3 is 0 Å². The molecule has 0 aliphatic carbocycles. The summed E-state index contributed by atoms with van der Waals surface area (Å²) in [5.74, 6) is -1.85. The molecule has 1 atom stereocenters. The van der Waals surface area contributed by atoms with Gasteiger partial charge in [-0.3, -0.25) is 19.7 Å². The van der Waals surface area contributed by atoms with E-state index in [1.54, 1.807) is 30.3 Å². The molecular formula is C26H22N2O5. The molecule has 1 amide bonds. The largest absolute Gasteiger partial charge is 0.507 e. The van der Waals surface area contributed by atoms with Crippen molar-refractivity contribution in [2.75, 3.05) is 6.54 Å².